The van der Waals surface area contributed by atoms with E-state index >= 15 is 0 Å². The summed E-state index contributed by atoms with van der Waals surface area (Å²) in [6.45, 7) is 9.13. The van der Waals surface area contributed by atoms with Crippen molar-refractivity contribution >= 4 is 24.2 Å². The summed E-state index contributed by atoms with van der Waals surface area (Å²) in [5.41, 5.74) is -0.162. The summed E-state index contributed by atoms with van der Waals surface area (Å²) in [6.07, 6.45) is 4.82. The lowest BCUT2D eigenvalue weighted by atomic mass is 9.96. The molecule has 8 nitrogen and oxygen atoms in total. The van der Waals surface area contributed by atoms with Gasteiger partial charge >= 0.3 is 0 Å². The molecule has 1 aromatic rings. The summed E-state index contributed by atoms with van der Waals surface area (Å²) >= 11 is 0. The zero-order chi connectivity index (χ0) is 20.1. The van der Waals surface area contributed by atoms with Crippen LogP contribution < -0.4 is 10.6 Å². The van der Waals surface area contributed by atoms with Crippen LogP contribution in [0.25, 0.3) is 0 Å². The topological polar surface area (TPSA) is 100 Å². The zero-order valence-electron chi connectivity index (χ0n) is 17.7. The minimum atomic E-state index is -0.162. The van der Waals surface area contributed by atoms with E-state index in [-0.39, 0.29) is 35.7 Å². The first kappa shape index (κ1) is 23.6. The van der Waals surface area contributed by atoms with Crippen molar-refractivity contribution in [2.75, 3.05) is 26.2 Å². The Labute approximate surface area is 179 Å². The van der Waals surface area contributed by atoms with Crippen LogP contribution in [0.15, 0.2) is 4.52 Å². The Morgan fingerprint density at radius 1 is 1.28 bits per heavy atom. The predicted octanol–water partition coefficient (Wildman–Crippen LogP) is 1.83. The Morgan fingerprint density at radius 2 is 2.07 bits per heavy atom. The number of hydrogen-bond acceptors (Lipinski definition) is 6. The summed E-state index contributed by atoms with van der Waals surface area (Å²) < 4.78 is 5.28. The highest BCUT2D eigenvalue weighted by Gasteiger charge is 2.27. The van der Waals surface area contributed by atoms with E-state index in [2.05, 4.69) is 20.8 Å². The van der Waals surface area contributed by atoms with Crippen LogP contribution in [-0.4, -0.2) is 59.1 Å². The minimum absolute atomic E-state index is 0. The average Bonchev–Trinajstić information content (AvgIpc) is 3.35. The number of carbonyl (C=O) groups is 2. The lowest BCUT2D eigenvalue weighted by Gasteiger charge is -2.33. The van der Waals surface area contributed by atoms with Gasteiger partial charge in [-0.1, -0.05) is 25.9 Å². The zero-order valence-corrected chi connectivity index (χ0v) is 18.5. The quantitative estimate of drug-likeness (QED) is 0.718. The molecule has 2 saturated heterocycles. The van der Waals surface area contributed by atoms with E-state index in [0.717, 1.165) is 38.8 Å². The summed E-state index contributed by atoms with van der Waals surface area (Å²) in [5.74, 6) is 1.71. The largest absolute Gasteiger partial charge is 0.354 e. The molecule has 0 bridgehead atoms. The third-order valence-electron chi connectivity index (χ3n) is 5.51. The SMILES string of the molecule is CC(C)(C)c1noc(CCC(=O)N2CCCC(CNC(=O)C3CCCN3)C2)n1.Cl. The molecular weight excluding hydrogens is 394 g/mol. The lowest BCUT2D eigenvalue weighted by Crippen LogP contribution is -2.46. The first-order valence-corrected chi connectivity index (χ1v) is 10.4. The van der Waals surface area contributed by atoms with E-state index in [9.17, 15) is 9.59 Å². The Kier molecular flexibility index (Phi) is 8.46. The Morgan fingerprint density at radius 3 is 2.72 bits per heavy atom. The van der Waals surface area contributed by atoms with E-state index in [1.807, 2.05) is 25.7 Å². The number of aromatic nitrogens is 2. The van der Waals surface area contributed by atoms with Crippen LogP contribution >= 0.6 is 12.4 Å². The van der Waals surface area contributed by atoms with Crippen molar-refractivity contribution in [2.24, 2.45) is 5.92 Å². The van der Waals surface area contributed by atoms with Crippen LogP contribution in [0.5, 0.6) is 0 Å². The van der Waals surface area contributed by atoms with Gasteiger partial charge in [0.1, 0.15) is 0 Å². The van der Waals surface area contributed by atoms with Gasteiger partial charge in [0.05, 0.1) is 6.04 Å². The molecule has 0 aliphatic carbocycles. The van der Waals surface area contributed by atoms with Crippen molar-refractivity contribution in [1.82, 2.24) is 25.7 Å². The Balaban J connectivity index is 0.00000300. The molecule has 0 saturated carbocycles. The first-order chi connectivity index (χ1) is 13.3. The van der Waals surface area contributed by atoms with Crippen molar-refractivity contribution < 1.29 is 14.1 Å². The van der Waals surface area contributed by atoms with Gasteiger partial charge < -0.3 is 20.1 Å². The number of piperidine rings is 1. The van der Waals surface area contributed by atoms with Crippen LogP contribution in [0.3, 0.4) is 0 Å². The summed E-state index contributed by atoms with van der Waals surface area (Å²) in [6, 6.07) is -0.0475. The fourth-order valence-corrected chi connectivity index (χ4v) is 3.77. The fraction of sp³-hybridized carbons (Fsp3) is 0.800. The van der Waals surface area contributed by atoms with Crippen LogP contribution in [-0.2, 0) is 21.4 Å². The van der Waals surface area contributed by atoms with Crippen LogP contribution in [0.2, 0.25) is 0 Å². The molecule has 2 unspecified atom stereocenters. The number of nitrogens with zero attached hydrogens (tertiary/aromatic N) is 3. The molecule has 3 rings (SSSR count). The maximum absolute atomic E-state index is 12.6. The van der Waals surface area contributed by atoms with E-state index in [4.69, 9.17) is 4.52 Å². The van der Waals surface area contributed by atoms with E-state index < -0.39 is 0 Å². The van der Waals surface area contributed by atoms with Gasteiger partial charge in [-0.15, -0.1) is 12.4 Å². The predicted molar refractivity (Wildman–Crippen MR) is 112 cm³/mol. The molecule has 2 aliphatic heterocycles. The molecule has 9 heteroatoms. The molecule has 2 N–H and O–H groups in total. The third kappa shape index (κ3) is 6.67. The first-order valence-electron chi connectivity index (χ1n) is 10.4. The molecule has 2 fully saturated rings. The fourth-order valence-electron chi connectivity index (χ4n) is 3.77. The van der Waals surface area contributed by atoms with Crippen LogP contribution in [0.1, 0.15) is 64.6 Å². The molecule has 2 amide bonds. The Bertz CT molecular complexity index is 682. The van der Waals surface area contributed by atoms with Crippen molar-refractivity contribution in [2.45, 2.75) is 70.8 Å². The lowest BCUT2D eigenvalue weighted by molar-refractivity contribution is -0.133. The monoisotopic (exact) mass is 427 g/mol. The summed E-state index contributed by atoms with van der Waals surface area (Å²) in [5, 5.41) is 10.3. The smallest absolute Gasteiger partial charge is 0.237 e. The number of likely N-dealkylation sites (tertiary alicyclic amines) is 1. The van der Waals surface area contributed by atoms with E-state index in [0.29, 0.717) is 43.6 Å². The van der Waals surface area contributed by atoms with Gasteiger partial charge in [-0.2, -0.15) is 4.98 Å². The standard InChI is InChI=1S/C20H33N5O3.ClH/c1-20(2,3)19-23-16(28-24-19)8-9-17(26)25-11-5-6-14(13-25)12-22-18(27)15-7-4-10-21-15;/h14-15,21H,4-13H2,1-3H3,(H,22,27);1H. The molecule has 0 spiro atoms. The number of hydrogen-bond donors (Lipinski definition) is 2. The number of amides is 2. The number of halogens is 1. The van der Waals surface area contributed by atoms with E-state index in [1.165, 1.54) is 0 Å². The number of nitrogens with one attached hydrogen (secondary N) is 2. The summed E-state index contributed by atoms with van der Waals surface area (Å²) in [4.78, 5) is 31.1. The average molecular weight is 428 g/mol. The third-order valence-corrected chi connectivity index (χ3v) is 5.51. The highest BCUT2D eigenvalue weighted by Crippen LogP contribution is 2.20. The molecule has 1 aromatic heterocycles. The van der Waals surface area contributed by atoms with Gasteiger partial charge in [-0.3, -0.25) is 9.59 Å². The van der Waals surface area contributed by atoms with Gasteiger partial charge in [0.2, 0.25) is 17.7 Å². The van der Waals surface area contributed by atoms with Gasteiger partial charge in [0.15, 0.2) is 5.82 Å². The number of aryl methyl sites for hydroxylation is 1. The van der Waals surface area contributed by atoms with Crippen molar-refractivity contribution in [3.63, 3.8) is 0 Å². The molecule has 2 aliphatic rings. The molecule has 0 aromatic carbocycles. The molecule has 29 heavy (non-hydrogen) atoms. The maximum Gasteiger partial charge on any atom is 0.237 e. The number of carbonyl (C=O) groups excluding carboxylic acids is 2. The van der Waals surface area contributed by atoms with Crippen LogP contribution in [0.4, 0.5) is 0 Å². The van der Waals surface area contributed by atoms with Gasteiger partial charge in [0.25, 0.3) is 0 Å². The summed E-state index contributed by atoms with van der Waals surface area (Å²) in [7, 11) is 0. The molecule has 164 valence electrons. The van der Waals surface area contributed by atoms with Gasteiger partial charge in [-0.05, 0) is 38.1 Å². The molecule has 0 radical (unpaired) electrons. The highest BCUT2D eigenvalue weighted by atomic mass is 35.5. The maximum atomic E-state index is 12.6. The Hall–Kier alpha value is -1.67. The van der Waals surface area contributed by atoms with Crippen molar-refractivity contribution in [3.05, 3.63) is 11.7 Å². The molecule has 3 heterocycles. The van der Waals surface area contributed by atoms with Crippen LogP contribution in [0, 0.1) is 5.92 Å². The molecule has 2 atom stereocenters. The minimum Gasteiger partial charge on any atom is -0.354 e. The number of rotatable bonds is 6. The second-order valence-electron chi connectivity index (χ2n) is 9.00. The second kappa shape index (κ2) is 10.4. The van der Waals surface area contributed by atoms with E-state index in [1.54, 1.807) is 0 Å². The van der Waals surface area contributed by atoms with Crippen molar-refractivity contribution in [1.29, 1.82) is 0 Å². The van der Waals surface area contributed by atoms with Crippen molar-refractivity contribution in [3.8, 4) is 0 Å². The van der Waals surface area contributed by atoms with Gasteiger partial charge in [0, 0.05) is 37.9 Å². The second-order valence-corrected chi connectivity index (χ2v) is 9.00. The van der Waals surface area contributed by atoms with Gasteiger partial charge in [-0.25, -0.2) is 0 Å². The highest BCUT2D eigenvalue weighted by molar-refractivity contribution is 5.85. The normalized spacial score (nSPS) is 22.2. The molecular formula is C20H34ClN5O3.